The first-order chi connectivity index (χ1) is 16.9. The standard InChI is InChI=1S/C27H31N7O/c1-27(2,3)22-8-5-9-23(31-22)34-24-21(25(35)33(34)20-6-4-7-20)16-29-26(32-24)30-19-11-10-17-12-13-28-15-18(17)14-19/h5,8-11,14,16,20,28H,4,6-7,12-13,15H2,1-3H3,(H,29,30,32). The molecule has 0 saturated heterocycles. The van der Waals surface area contributed by atoms with Gasteiger partial charge in [-0.1, -0.05) is 32.9 Å². The van der Waals surface area contributed by atoms with Gasteiger partial charge < -0.3 is 10.6 Å². The maximum atomic E-state index is 13.5. The quantitative estimate of drug-likeness (QED) is 0.461. The molecule has 0 radical (unpaired) electrons. The fraction of sp³-hybridized carbons (Fsp3) is 0.407. The Bertz CT molecular complexity index is 1470. The number of nitrogens with zero attached hydrogens (tertiary/aromatic N) is 5. The van der Waals surface area contributed by atoms with Crippen molar-refractivity contribution in [3.05, 3.63) is 69.8 Å². The molecule has 1 aromatic carbocycles. The summed E-state index contributed by atoms with van der Waals surface area (Å²) in [6.45, 7) is 8.31. The highest BCUT2D eigenvalue weighted by atomic mass is 16.1. The monoisotopic (exact) mass is 469 g/mol. The average Bonchev–Trinajstić information content (AvgIpc) is 3.09. The van der Waals surface area contributed by atoms with Crippen LogP contribution in [0.2, 0.25) is 0 Å². The van der Waals surface area contributed by atoms with Crippen molar-refractivity contribution in [1.82, 2.24) is 29.6 Å². The molecule has 6 rings (SSSR count). The minimum absolute atomic E-state index is 0.0564. The summed E-state index contributed by atoms with van der Waals surface area (Å²) >= 11 is 0. The summed E-state index contributed by atoms with van der Waals surface area (Å²) in [7, 11) is 0. The number of aromatic nitrogens is 5. The van der Waals surface area contributed by atoms with Crippen molar-refractivity contribution in [2.45, 2.75) is 64.5 Å². The third-order valence-electron chi connectivity index (χ3n) is 7.11. The van der Waals surface area contributed by atoms with Crippen molar-refractivity contribution in [2.24, 2.45) is 0 Å². The summed E-state index contributed by atoms with van der Waals surface area (Å²) in [4.78, 5) is 27.8. The Morgan fingerprint density at radius 3 is 2.71 bits per heavy atom. The van der Waals surface area contributed by atoms with Gasteiger partial charge in [0.1, 0.15) is 5.39 Å². The van der Waals surface area contributed by atoms with Gasteiger partial charge in [-0.3, -0.25) is 4.79 Å². The Labute approximate surface area is 204 Å². The molecule has 0 unspecified atom stereocenters. The molecule has 1 aliphatic heterocycles. The highest BCUT2D eigenvalue weighted by Crippen LogP contribution is 2.33. The Hall–Kier alpha value is -3.52. The lowest BCUT2D eigenvalue weighted by molar-refractivity contribution is 0.268. The molecule has 0 spiro atoms. The maximum absolute atomic E-state index is 13.5. The Morgan fingerprint density at radius 2 is 1.94 bits per heavy atom. The molecule has 35 heavy (non-hydrogen) atoms. The van der Waals surface area contributed by atoms with Gasteiger partial charge >= 0.3 is 0 Å². The number of benzene rings is 1. The molecular formula is C27H31N7O. The molecule has 8 heteroatoms. The molecule has 180 valence electrons. The Morgan fingerprint density at radius 1 is 1.09 bits per heavy atom. The van der Waals surface area contributed by atoms with Crippen LogP contribution < -0.4 is 16.2 Å². The molecular weight excluding hydrogens is 438 g/mol. The molecule has 1 saturated carbocycles. The highest BCUT2D eigenvalue weighted by Gasteiger charge is 2.28. The van der Waals surface area contributed by atoms with Gasteiger partial charge in [-0.05, 0) is 67.6 Å². The van der Waals surface area contributed by atoms with Crippen molar-refractivity contribution in [1.29, 1.82) is 0 Å². The zero-order chi connectivity index (χ0) is 24.2. The topological polar surface area (TPSA) is 89.7 Å². The van der Waals surface area contributed by atoms with Gasteiger partial charge in [-0.25, -0.2) is 19.3 Å². The van der Waals surface area contributed by atoms with E-state index in [1.54, 1.807) is 6.20 Å². The van der Waals surface area contributed by atoms with Crippen LogP contribution in [0, 0.1) is 0 Å². The number of anilines is 2. The minimum Gasteiger partial charge on any atom is -0.324 e. The molecule has 2 N–H and O–H groups in total. The van der Waals surface area contributed by atoms with Crippen LogP contribution in [0.4, 0.5) is 11.6 Å². The van der Waals surface area contributed by atoms with E-state index in [0.717, 1.165) is 50.2 Å². The molecule has 0 bridgehead atoms. The second-order valence-electron chi connectivity index (χ2n) is 10.6. The summed E-state index contributed by atoms with van der Waals surface area (Å²) in [5, 5.41) is 7.29. The predicted octanol–water partition coefficient (Wildman–Crippen LogP) is 4.39. The largest absolute Gasteiger partial charge is 0.324 e. The van der Waals surface area contributed by atoms with E-state index in [0.29, 0.717) is 22.8 Å². The first-order valence-corrected chi connectivity index (χ1v) is 12.5. The first kappa shape index (κ1) is 22.0. The lowest BCUT2D eigenvalue weighted by Crippen LogP contribution is -2.31. The van der Waals surface area contributed by atoms with Gasteiger partial charge in [-0.15, -0.1) is 0 Å². The third-order valence-corrected chi connectivity index (χ3v) is 7.11. The van der Waals surface area contributed by atoms with Gasteiger partial charge in [0.25, 0.3) is 5.56 Å². The van der Waals surface area contributed by atoms with Crippen LogP contribution in [-0.2, 0) is 18.4 Å². The first-order valence-electron chi connectivity index (χ1n) is 12.5. The number of hydrogen-bond acceptors (Lipinski definition) is 6. The number of nitrogens with one attached hydrogen (secondary N) is 2. The summed E-state index contributed by atoms with van der Waals surface area (Å²) in [5.41, 5.74) is 4.99. The van der Waals surface area contributed by atoms with E-state index in [1.807, 2.05) is 27.6 Å². The van der Waals surface area contributed by atoms with E-state index in [1.165, 1.54) is 11.1 Å². The molecule has 0 atom stereocenters. The number of rotatable bonds is 4. The smallest absolute Gasteiger partial charge is 0.278 e. The van der Waals surface area contributed by atoms with Crippen LogP contribution in [0.15, 0.2) is 47.4 Å². The third kappa shape index (κ3) is 3.91. The van der Waals surface area contributed by atoms with E-state index in [-0.39, 0.29) is 17.0 Å². The van der Waals surface area contributed by atoms with Gasteiger partial charge in [0.2, 0.25) is 5.95 Å². The molecule has 1 aliphatic carbocycles. The lowest BCUT2D eigenvalue weighted by atomic mass is 9.92. The van der Waals surface area contributed by atoms with Crippen LogP contribution in [0.5, 0.6) is 0 Å². The predicted molar refractivity (Wildman–Crippen MR) is 138 cm³/mol. The van der Waals surface area contributed by atoms with E-state index in [4.69, 9.17) is 9.97 Å². The zero-order valence-corrected chi connectivity index (χ0v) is 20.5. The lowest BCUT2D eigenvalue weighted by Gasteiger charge is -2.28. The molecule has 0 amide bonds. The van der Waals surface area contributed by atoms with Crippen molar-refractivity contribution >= 4 is 22.7 Å². The van der Waals surface area contributed by atoms with Gasteiger partial charge in [0, 0.05) is 29.5 Å². The van der Waals surface area contributed by atoms with Crippen LogP contribution in [-0.4, -0.2) is 30.9 Å². The van der Waals surface area contributed by atoms with Crippen LogP contribution in [0.3, 0.4) is 0 Å². The summed E-state index contributed by atoms with van der Waals surface area (Å²) in [5.74, 6) is 1.17. The summed E-state index contributed by atoms with van der Waals surface area (Å²) in [6.07, 6.45) is 5.78. The Kier molecular flexibility index (Phi) is 5.21. The number of pyridine rings is 1. The minimum atomic E-state index is -0.108. The van der Waals surface area contributed by atoms with Crippen LogP contribution >= 0.6 is 0 Å². The fourth-order valence-electron chi connectivity index (χ4n) is 4.89. The van der Waals surface area contributed by atoms with E-state index in [9.17, 15) is 4.79 Å². The van der Waals surface area contributed by atoms with Gasteiger partial charge in [0.05, 0.1) is 6.04 Å². The van der Waals surface area contributed by atoms with E-state index < -0.39 is 0 Å². The highest BCUT2D eigenvalue weighted by molar-refractivity contribution is 5.77. The zero-order valence-electron chi connectivity index (χ0n) is 20.5. The molecule has 4 heterocycles. The normalized spacial score (nSPS) is 16.2. The van der Waals surface area contributed by atoms with Crippen molar-refractivity contribution in [2.75, 3.05) is 11.9 Å². The van der Waals surface area contributed by atoms with Crippen LogP contribution in [0.1, 0.15) is 62.9 Å². The number of hydrogen-bond donors (Lipinski definition) is 2. The second-order valence-corrected chi connectivity index (χ2v) is 10.6. The number of fused-ring (bicyclic) bond motifs is 2. The van der Waals surface area contributed by atoms with Gasteiger partial charge in [-0.2, -0.15) is 4.98 Å². The van der Waals surface area contributed by atoms with E-state index in [2.05, 4.69) is 54.6 Å². The summed E-state index contributed by atoms with van der Waals surface area (Å²) < 4.78 is 3.74. The van der Waals surface area contributed by atoms with Crippen molar-refractivity contribution in [3.8, 4) is 5.82 Å². The molecule has 4 aromatic rings. The van der Waals surface area contributed by atoms with Gasteiger partial charge in [0.15, 0.2) is 11.5 Å². The molecule has 1 fully saturated rings. The van der Waals surface area contributed by atoms with Crippen molar-refractivity contribution < 1.29 is 0 Å². The van der Waals surface area contributed by atoms with E-state index >= 15 is 0 Å². The SMILES string of the molecule is CC(C)(C)c1cccc(-n2c3nc(Nc4ccc5c(c4)CNCC5)ncc3c(=O)n2C2CCC2)n1. The molecule has 3 aromatic heterocycles. The summed E-state index contributed by atoms with van der Waals surface area (Å²) in [6, 6.07) is 12.5. The Balaban J connectivity index is 1.47. The molecule has 2 aliphatic rings. The second kappa shape index (κ2) is 8.30. The average molecular weight is 470 g/mol. The van der Waals surface area contributed by atoms with Crippen LogP contribution in [0.25, 0.3) is 16.9 Å². The fourth-order valence-corrected chi connectivity index (χ4v) is 4.89. The maximum Gasteiger partial charge on any atom is 0.278 e. The molecule has 8 nitrogen and oxygen atoms in total. The van der Waals surface area contributed by atoms with Crippen molar-refractivity contribution in [3.63, 3.8) is 0 Å².